The van der Waals surface area contributed by atoms with Gasteiger partial charge in [0.2, 0.25) is 0 Å². The summed E-state index contributed by atoms with van der Waals surface area (Å²) in [4.78, 5) is 22.8. The Morgan fingerprint density at radius 2 is 1.84 bits per heavy atom. The highest BCUT2D eigenvalue weighted by Gasteiger charge is 2.23. The van der Waals surface area contributed by atoms with E-state index in [4.69, 9.17) is 5.11 Å². The molecule has 0 aromatic heterocycles. The van der Waals surface area contributed by atoms with Crippen LogP contribution in [-0.4, -0.2) is 23.1 Å². The lowest BCUT2D eigenvalue weighted by Crippen LogP contribution is -2.46. The molecule has 0 aliphatic rings. The minimum Gasteiger partial charge on any atom is -0.480 e. The number of aryl methyl sites for hydroxylation is 1. The number of carbonyl (C=O) groups is 2. The standard InChI is InChI=1S/C14H20N2O3/c1-8(2)12(13(17)18)16-14(19)15-11-7-5-6-9(3)10(11)4/h5-8,12H,1-4H3,(H,17,18)(H2,15,16,19). The quantitative estimate of drug-likeness (QED) is 0.782. The first-order valence-electron chi connectivity index (χ1n) is 6.19. The molecule has 5 nitrogen and oxygen atoms in total. The van der Waals surface area contributed by atoms with E-state index in [9.17, 15) is 9.59 Å². The van der Waals surface area contributed by atoms with E-state index in [1.54, 1.807) is 19.9 Å². The van der Waals surface area contributed by atoms with Crippen LogP contribution in [0.4, 0.5) is 10.5 Å². The summed E-state index contributed by atoms with van der Waals surface area (Å²) in [7, 11) is 0. The number of hydrogen-bond donors (Lipinski definition) is 3. The number of carboxylic acid groups (broad SMARTS) is 1. The Hall–Kier alpha value is -2.04. The molecule has 0 saturated carbocycles. The van der Waals surface area contributed by atoms with Gasteiger partial charge in [0.1, 0.15) is 6.04 Å². The predicted octanol–water partition coefficient (Wildman–Crippen LogP) is 2.53. The number of anilines is 1. The summed E-state index contributed by atoms with van der Waals surface area (Å²) in [5.74, 6) is -1.21. The van der Waals surface area contributed by atoms with E-state index in [1.807, 2.05) is 26.0 Å². The molecule has 0 heterocycles. The topological polar surface area (TPSA) is 78.4 Å². The average molecular weight is 264 g/mol. The lowest BCUT2D eigenvalue weighted by Gasteiger charge is -2.19. The maximum Gasteiger partial charge on any atom is 0.326 e. The first-order valence-corrected chi connectivity index (χ1v) is 6.19. The summed E-state index contributed by atoms with van der Waals surface area (Å²) in [6.45, 7) is 7.35. The summed E-state index contributed by atoms with van der Waals surface area (Å²) in [5, 5.41) is 14.2. The van der Waals surface area contributed by atoms with Crippen molar-refractivity contribution in [3.05, 3.63) is 29.3 Å². The Balaban J connectivity index is 2.75. The minimum atomic E-state index is -1.04. The van der Waals surface area contributed by atoms with E-state index in [0.29, 0.717) is 5.69 Å². The van der Waals surface area contributed by atoms with Crippen LogP contribution < -0.4 is 10.6 Å². The van der Waals surface area contributed by atoms with Crippen molar-refractivity contribution in [3.8, 4) is 0 Å². The number of aliphatic carboxylic acids is 1. The van der Waals surface area contributed by atoms with Crippen LogP contribution >= 0.6 is 0 Å². The maximum atomic E-state index is 11.8. The van der Waals surface area contributed by atoms with Crippen LogP contribution in [0.1, 0.15) is 25.0 Å². The first-order chi connectivity index (χ1) is 8.82. The van der Waals surface area contributed by atoms with Gasteiger partial charge in [0.15, 0.2) is 0 Å². The second-order valence-electron chi connectivity index (χ2n) is 4.91. The molecule has 1 rings (SSSR count). The Morgan fingerprint density at radius 3 is 2.37 bits per heavy atom. The summed E-state index contributed by atoms with van der Waals surface area (Å²) >= 11 is 0. The van der Waals surface area contributed by atoms with Crippen molar-refractivity contribution in [2.24, 2.45) is 5.92 Å². The van der Waals surface area contributed by atoms with E-state index < -0.39 is 18.0 Å². The molecule has 19 heavy (non-hydrogen) atoms. The highest BCUT2D eigenvalue weighted by Crippen LogP contribution is 2.17. The van der Waals surface area contributed by atoms with Gasteiger partial charge in [0.05, 0.1) is 0 Å². The third-order valence-electron chi connectivity index (χ3n) is 3.07. The van der Waals surface area contributed by atoms with Crippen LogP contribution in [0.25, 0.3) is 0 Å². The number of hydrogen-bond acceptors (Lipinski definition) is 2. The highest BCUT2D eigenvalue weighted by molar-refractivity contribution is 5.93. The molecular formula is C14H20N2O3. The Bertz CT molecular complexity index is 484. The van der Waals surface area contributed by atoms with Crippen LogP contribution in [0.2, 0.25) is 0 Å². The van der Waals surface area contributed by atoms with Crippen LogP contribution in [0, 0.1) is 19.8 Å². The fraction of sp³-hybridized carbons (Fsp3) is 0.429. The summed E-state index contributed by atoms with van der Waals surface area (Å²) in [6, 6.07) is 4.18. The molecule has 2 amide bonds. The number of benzene rings is 1. The number of carboxylic acids is 1. The zero-order valence-corrected chi connectivity index (χ0v) is 11.7. The lowest BCUT2D eigenvalue weighted by molar-refractivity contribution is -0.140. The third-order valence-corrected chi connectivity index (χ3v) is 3.07. The maximum absolute atomic E-state index is 11.8. The molecule has 1 atom stereocenters. The molecule has 0 radical (unpaired) electrons. The minimum absolute atomic E-state index is 0.179. The van der Waals surface area contributed by atoms with Gasteiger partial charge in [-0.15, -0.1) is 0 Å². The van der Waals surface area contributed by atoms with Crippen LogP contribution in [0.15, 0.2) is 18.2 Å². The SMILES string of the molecule is Cc1cccc(NC(=O)NC(C(=O)O)C(C)C)c1C. The third kappa shape index (κ3) is 3.98. The van der Waals surface area contributed by atoms with Crippen LogP contribution in [-0.2, 0) is 4.79 Å². The molecule has 0 aliphatic heterocycles. The molecule has 0 spiro atoms. The number of nitrogens with one attached hydrogen (secondary N) is 2. The largest absolute Gasteiger partial charge is 0.480 e. The number of rotatable bonds is 4. The Labute approximate surface area is 113 Å². The van der Waals surface area contributed by atoms with Crippen molar-refractivity contribution < 1.29 is 14.7 Å². The summed E-state index contributed by atoms with van der Waals surface area (Å²) < 4.78 is 0. The van der Waals surface area contributed by atoms with Crippen molar-refractivity contribution in [1.82, 2.24) is 5.32 Å². The number of amides is 2. The molecule has 1 aromatic rings. The van der Waals surface area contributed by atoms with Gasteiger partial charge >= 0.3 is 12.0 Å². The molecule has 5 heteroatoms. The van der Waals surface area contributed by atoms with Gasteiger partial charge in [-0.2, -0.15) is 0 Å². The zero-order valence-electron chi connectivity index (χ0n) is 11.7. The molecule has 104 valence electrons. The Kier molecular flexibility index (Phi) is 4.92. The van der Waals surface area contributed by atoms with E-state index in [-0.39, 0.29) is 5.92 Å². The van der Waals surface area contributed by atoms with Gasteiger partial charge in [0.25, 0.3) is 0 Å². The predicted molar refractivity (Wildman–Crippen MR) is 74.3 cm³/mol. The average Bonchev–Trinajstić information content (AvgIpc) is 2.31. The fourth-order valence-electron chi connectivity index (χ4n) is 1.70. The molecule has 0 fully saturated rings. The van der Waals surface area contributed by atoms with Crippen molar-refractivity contribution in [2.45, 2.75) is 33.7 Å². The van der Waals surface area contributed by atoms with Crippen LogP contribution in [0.5, 0.6) is 0 Å². The first kappa shape index (κ1) is 15.0. The molecular weight excluding hydrogens is 244 g/mol. The highest BCUT2D eigenvalue weighted by atomic mass is 16.4. The van der Waals surface area contributed by atoms with Gasteiger partial charge in [-0.3, -0.25) is 0 Å². The van der Waals surface area contributed by atoms with E-state index in [2.05, 4.69) is 10.6 Å². The van der Waals surface area contributed by atoms with E-state index in [0.717, 1.165) is 11.1 Å². The van der Waals surface area contributed by atoms with Gasteiger partial charge in [-0.1, -0.05) is 26.0 Å². The van der Waals surface area contributed by atoms with E-state index in [1.165, 1.54) is 0 Å². The van der Waals surface area contributed by atoms with Gasteiger partial charge in [0, 0.05) is 5.69 Å². The zero-order chi connectivity index (χ0) is 14.6. The van der Waals surface area contributed by atoms with Crippen molar-refractivity contribution in [3.63, 3.8) is 0 Å². The summed E-state index contributed by atoms with van der Waals surface area (Å²) in [5.41, 5.74) is 2.72. The van der Waals surface area contributed by atoms with Crippen molar-refractivity contribution in [2.75, 3.05) is 5.32 Å². The Morgan fingerprint density at radius 1 is 1.21 bits per heavy atom. The molecule has 1 unspecified atom stereocenters. The second-order valence-corrected chi connectivity index (χ2v) is 4.91. The van der Waals surface area contributed by atoms with Gasteiger partial charge < -0.3 is 15.7 Å². The smallest absolute Gasteiger partial charge is 0.326 e. The normalized spacial score (nSPS) is 12.1. The molecule has 0 aliphatic carbocycles. The van der Waals surface area contributed by atoms with Crippen molar-refractivity contribution in [1.29, 1.82) is 0 Å². The van der Waals surface area contributed by atoms with Crippen molar-refractivity contribution >= 4 is 17.7 Å². The fourth-order valence-corrected chi connectivity index (χ4v) is 1.70. The van der Waals surface area contributed by atoms with Gasteiger partial charge in [-0.05, 0) is 37.0 Å². The summed E-state index contributed by atoms with van der Waals surface area (Å²) in [6.07, 6.45) is 0. The monoisotopic (exact) mass is 264 g/mol. The number of urea groups is 1. The molecule has 0 saturated heterocycles. The molecule has 0 bridgehead atoms. The molecule has 1 aromatic carbocycles. The van der Waals surface area contributed by atoms with Gasteiger partial charge in [-0.25, -0.2) is 9.59 Å². The molecule has 3 N–H and O–H groups in total. The van der Waals surface area contributed by atoms with E-state index >= 15 is 0 Å². The second kappa shape index (κ2) is 6.22. The van der Waals surface area contributed by atoms with Crippen LogP contribution in [0.3, 0.4) is 0 Å². The number of carbonyl (C=O) groups excluding carboxylic acids is 1. The lowest BCUT2D eigenvalue weighted by atomic mass is 10.1.